The molecule has 1 atom stereocenters. The Morgan fingerprint density at radius 1 is 1.19 bits per heavy atom. The Labute approximate surface area is 132 Å². The van der Waals surface area contributed by atoms with Gasteiger partial charge in [-0.2, -0.15) is 0 Å². The van der Waals surface area contributed by atoms with Gasteiger partial charge in [0.2, 0.25) is 0 Å². The van der Waals surface area contributed by atoms with Crippen LogP contribution in [0.5, 0.6) is 5.75 Å². The quantitative estimate of drug-likeness (QED) is 0.845. The van der Waals surface area contributed by atoms with Gasteiger partial charge in [0.1, 0.15) is 5.75 Å². The summed E-state index contributed by atoms with van der Waals surface area (Å²) in [7, 11) is 3.63. The van der Waals surface area contributed by atoms with Crippen LogP contribution in [0, 0.1) is 6.92 Å². The summed E-state index contributed by atoms with van der Waals surface area (Å²) in [5, 5.41) is 4.02. The largest absolute Gasteiger partial charge is 0.495 e. The van der Waals surface area contributed by atoms with E-state index in [1.807, 2.05) is 19.2 Å². The van der Waals surface area contributed by atoms with Crippen LogP contribution in [0.25, 0.3) is 0 Å². The van der Waals surface area contributed by atoms with E-state index in [2.05, 4.69) is 42.6 Å². The molecule has 0 aliphatic carbocycles. The van der Waals surface area contributed by atoms with Gasteiger partial charge in [0, 0.05) is 6.04 Å². The summed E-state index contributed by atoms with van der Waals surface area (Å²) >= 11 is 6.09. The minimum atomic E-state index is 0.289. The maximum atomic E-state index is 6.09. The van der Waals surface area contributed by atoms with Crippen LogP contribution in [0.4, 0.5) is 0 Å². The summed E-state index contributed by atoms with van der Waals surface area (Å²) < 4.78 is 5.30. The molecule has 0 fully saturated rings. The highest BCUT2D eigenvalue weighted by molar-refractivity contribution is 6.32. The molecule has 2 aromatic rings. The molecule has 0 saturated heterocycles. The average Bonchev–Trinajstić information content (AvgIpc) is 2.49. The second-order valence-electron chi connectivity index (χ2n) is 5.26. The Kier molecular flexibility index (Phi) is 5.66. The van der Waals surface area contributed by atoms with E-state index in [1.54, 1.807) is 7.11 Å². The zero-order chi connectivity index (χ0) is 15.2. The van der Waals surface area contributed by atoms with Crippen molar-refractivity contribution in [3.8, 4) is 5.75 Å². The zero-order valence-corrected chi connectivity index (χ0v) is 13.6. The first-order valence-electron chi connectivity index (χ1n) is 7.20. The number of methoxy groups -OCH3 is 1. The van der Waals surface area contributed by atoms with E-state index in [9.17, 15) is 0 Å². The summed E-state index contributed by atoms with van der Waals surface area (Å²) in [5.74, 6) is 0.727. The van der Waals surface area contributed by atoms with E-state index in [0.29, 0.717) is 5.02 Å². The lowest BCUT2D eigenvalue weighted by molar-refractivity contribution is 0.413. The lowest BCUT2D eigenvalue weighted by Gasteiger charge is -2.18. The number of aryl methyl sites for hydroxylation is 2. The van der Waals surface area contributed by atoms with Crippen LogP contribution in [0.3, 0.4) is 0 Å². The van der Waals surface area contributed by atoms with E-state index in [1.165, 1.54) is 16.7 Å². The van der Waals surface area contributed by atoms with E-state index < -0.39 is 0 Å². The fraction of sp³-hybridized carbons (Fsp3) is 0.333. The number of benzene rings is 2. The monoisotopic (exact) mass is 303 g/mol. The molecule has 2 aromatic carbocycles. The minimum Gasteiger partial charge on any atom is -0.495 e. The first-order chi connectivity index (χ1) is 10.1. The van der Waals surface area contributed by atoms with Crippen LogP contribution in [0.15, 0.2) is 42.5 Å². The molecule has 0 aromatic heterocycles. The maximum absolute atomic E-state index is 6.09. The van der Waals surface area contributed by atoms with Crippen molar-refractivity contribution in [3.63, 3.8) is 0 Å². The van der Waals surface area contributed by atoms with Crippen LogP contribution in [0.1, 0.15) is 29.2 Å². The molecule has 2 nitrogen and oxygen atoms in total. The Morgan fingerprint density at radius 2 is 2.00 bits per heavy atom. The predicted molar refractivity (Wildman–Crippen MR) is 89.3 cm³/mol. The summed E-state index contributed by atoms with van der Waals surface area (Å²) in [6.45, 7) is 2.13. The van der Waals surface area contributed by atoms with Crippen molar-refractivity contribution in [2.75, 3.05) is 14.2 Å². The van der Waals surface area contributed by atoms with Crippen LogP contribution in [-0.4, -0.2) is 14.2 Å². The third-order valence-electron chi connectivity index (χ3n) is 3.73. The molecule has 0 bridgehead atoms. The first kappa shape index (κ1) is 15.9. The molecule has 1 unspecified atom stereocenters. The number of ether oxygens (including phenoxy) is 1. The molecule has 1 N–H and O–H groups in total. The van der Waals surface area contributed by atoms with Crippen molar-refractivity contribution in [2.24, 2.45) is 0 Å². The number of nitrogens with one attached hydrogen (secondary N) is 1. The maximum Gasteiger partial charge on any atom is 0.137 e. The fourth-order valence-corrected chi connectivity index (χ4v) is 2.74. The highest BCUT2D eigenvalue weighted by atomic mass is 35.5. The number of rotatable bonds is 6. The van der Waals surface area contributed by atoms with Gasteiger partial charge in [-0.05, 0) is 50.1 Å². The smallest absolute Gasteiger partial charge is 0.137 e. The molecule has 0 radical (unpaired) electrons. The molecule has 112 valence electrons. The molecule has 0 heterocycles. The topological polar surface area (TPSA) is 21.3 Å². The Morgan fingerprint density at radius 3 is 2.67 bits per heavy atom. The van der Waals surface area contributed by atoms with Gasteiger partial charge in [0.05, 0.1) is 12.1 Å². The van der Waals surface area contributed by atoms with Crippen molar-refractivity contribution in [1.82, 2.24) is 5.32 Å². The average molecular weight is 304 g/mol. The molecular weight excluding hydrogens is 282 g/mol. The third kappa shape index (κ3) is 4.23. The van der Waals surface area contributed by atoms with Crippen molar-refractivity contribution in [3.05, 3.63) is 64.2 Å². The highest BCUT2D eigenvalue weighted by Crippen LogP contribution is 2.29. The second kappa shape index (κ2) is 7.48. The Hall–Kier alpha value is -1.51. The van der Waals surface area contributed by atoms with Crippen LogP contribution >= 0.6 is 11.6 Å². The molecule has 3 heteroatoms. The molecule has 2 rings (SSSR count). The van der Waals surface area contributed by atoms with Gasteiger partial charge in [-0.1, -0.05) is 47.5 Å². The van der Waals surface area contributed by atoms with Crippen molar-refractivity contribution in [1.29, 1.82) is 0 Å². The van der Waals surface area contributed by atoms with Crippen LogP contribution in [-0.2, 0) is 6.42 Å². The Balaban J connectivity index is 2.09. The van der Waals surface area contributed by atoms with Crippen LogP contribution < -0.4 is 10.1 Å². The van der Waals surface area contributed by atoms with E-state index in [0.717, 1.165) is 18.6 Å². The summed E-state index contributed by atoms with van der Waals surface area (Å²) in [6, 6.07) is 14.9. The fourth-order valence-electron chi connectivity index (χ4n) is 2.55. The van der Waals surface area contributed by atoms with Crippen LogP contribution in [0.2, 0.25) is 5.02 Å². The van der Waals surface area contributed by atoms with E-state index >= 15 is 0 Å². The van der Waals surface area contributed by atoms with Crippen molar-refractivity contribution >= 4 is 11.6 Å². The molecular formula is C18H22ClNO. The molecule has 0 amide bonds. The number of hydrogen-bond donors (Lipinski definition) is 1. The van der Waals surface area contributed by atoms with Gasteiger partial charge in [-0.3, -0.25) is 0 Å². The molecule has 0 spiro atoms. The summed E-state index contributed by atoms with van der Waals surface area (Å²) in [6.07, 6.45) is 2.07. The lowest BCUT2D eigenvalue weighted by Crippen LogP contribution is -2.17. The Bertz CT molecular complexity index is 598. The predicted octanol–water partition coefficient (Wildman–Crippen LogP) is 4.55. The lowest BCUT2D eigenvalue weighted by atomic mass is 9.98. The third-order valence-corrected chi connectivity index (χ3v) is 4.04. The van der Waals surface area contributed by atoms with Gasteiger partial charge in [0.15, 0.2) is 0 Å². The van der Waals surface area contributed by atoms with E-state index in [4.69, 9.17) is 16.3 Å². The van der Waals surface area contributed by atoms with Crippen molar-refractivity contribution in [2.45, 2.75) is 25.8 Å². The standard InChI is InChI=1S/C18H22ClNO/c1-13-5-4-6-14(11-13)7-10-17(20-2)15-8-9-16(19)18(12-15)21-3/h4-6,8-9,11-12,17,20H,7,10H2,1-3H3. The van der Waals surface area contributed by atoms with Gasteiger partial charge in [-0.25, -0.2) is 0 Å². The molecule has 0 aliphatic rings. The summed E-state index contributed by atoms with van der Waals surface area (Å²) in [4.78, 5) is 0. The van der Waals surface area contributed by atoms with E-state index in [-0.39, 0.29) is 6.04 Å². The SMILES string of the molecule is CNC(CCc1cccc(C)c1)c1ccc(Cl)c(OC)c1. The molecule has 0 saturated carbocycles. The van der Waals surface area contributed by atoms with Gasteiger partial charge >= 0.3 is 0 Å². The number of halogens is 1. The first-order valence-corrected chi connectivity index (χ1v) is 7.58. The van der Waals surface area contributed by atoms with Gasteiger partial charge in [0.25, 0.3) is 0 Å². The zero-order valence-electron chi connectivity index (χ0n) is 12.8. The normalized spacial score (nSPS) is 12.2. The minimum absolute atomic E-state index is 0.289. The molecule has 0 aliphatic heterocycles. The van der Waals surface area contributed by atoms with Gasteiger partial charge in [-0.15, -0.1) is 0 Å². The second-order valence-corrected chi connectivity index (χ2v) is 5.67. The summed E-state index contributed by atoms with van der Waals surface area (Å²) in [5.41, 5.74) is 3.88. The number of hydrogen-bond acceptors (Lipinski definition) is 2. The molecule has 21 heavy (non-hydrogen) atoms. The van der Waals surface area contributed by atoms with Gasteiger partial charge < -0.3 is 10.1 Å². The highest BCUT2D eigenvalue weighted by Gasteiger charge is 2.12. The van der Waals surface area contributed by atoms with Crippen molar-refractivity contribution < 1.29 is 4.74 Å².